The lowest BCUT2D eigenvalue weighted by Gasteiger charge is -2.36. The number of benzene rings is 1. The van der Waals surface area contributed by atoms with Gasteiger partial charge in [0.05, 0.1) is 11.8 Å². The van der Waals surface area contributed by atoms with Crippen LogP contribution >= 0.6 is 0 Å². The molecular weight excluding hydrogens is 324 g/mol. The van der Waals surface area contributed by atoms with E-state index in [1.54, 1.807) is 4.31 Å². The third-order valence-corrected chi connectivity index (χ3v) is 6.42. The molecule has 0 N–H and O–H groups in total. The van der Waals surface area contributed by atoms with Gasteiger partial charge in [0.25, 0.3) is 0 Å². The summed E-state index contributed by atoms with van der Waals surface area (Å²) in [5.74, 6) is 0.195. The zero-order valence-corrected chi connectivity index (χ0v) is 15.5. The van der Waals surface area contributed by atoms with E-state index in [4.69, 9.17) is 0 Å². The topological polar surface area (TPSA) is 67.6 Å². The normalized spacial score (nSPS) is 18.1. The average Bonchev–Trinajstić information content (AvgIpc) is 2.56. The molecule has 7 heteroatoms. The highest BCUT2D eigenvalue weighted by Gasteiger charge is 2.30. The summed E-state index contributed by atoms with van der Waals surface area (Å²) in [6.07, 6.45) is 0.627. The number of hydrogen-bond donors (Lipinski definition) is 0. The maximum Gasteiger partial charge on any atom is 0.214 e. The Labute approximate surface area is 145 Å². The molecular formula is C17H26N4O2S. The predicted molar refractivity (Wildman–Crippen MR) is 96.3 cm³/mol. The second-order valence-corrected chi connectivity index (χ2v) is 8.36. The van der Waals surface area contributed by atoms with Gasteiger partial charge in [-0.3, -0.25) is 4.90 Å². The Bertz CT molecular complexity index is 672. The summed E-state index contributed by atoms with van der Waals surface area (Å²) >= 11 is 0. The van der Waals surface area contributed by atoms with Crippen LogP contribution in [0.4, 0.5) is 5.69 Å². The van der Waals surface area contributed by atoms with Crippen LogP contribution in [-0.4, -0.2) is 63.7 Å². The lowest BCUT2D eigenvalue weighted by atomic mass is 10.1. The molecule has 1 aliphatic rings. The zero-order valence-electron chi connectivity index (χ0n) is 14.6. The van der Waals surface area contributed by atoms with Gasteiger partial charge in [0.2, 0.25) is 10.0 Å². The molecule has 6 nitrogen and oxygen atoms in total. The second kappa shape index (κ2) is 7.97. The Hall–Kier alpha value is -1.62. The Morgan fingerprint density at radius 1 is 1.17 bits per heavy atom. The molecule has 0 saturated carbocycles. The fraction of sp³-hybridized carbons (Fsp3) is 0.588. The molecule has 1 aromatic rings. The molecule has 1 atom stereocenters. The third-order valence-electron chi connectivity index (χ3n) is 4.34. The van der Waals surface area contributed by atoms with Crippen molar-refractivity contribution >= 4 is 15.7 Å². The molecule has 1 fully saturated rings. The van der Waals surface area contributed by atoms with Crippen molar-refractivity contribution < 1.29 is 8.42 Å². The van der Waals surface area contributed by atoms with Crippen LogP contribution in [0.25, 0.3) is 0 Å². The standard InChI is InChI=1S/C17H26N4O2S/c1-4-13-24(22,23)21-11-9-20(10-12-21)17(14-18)15-5-7-16(8-6-15)19(2)3/h5-8,17H,4,9-13H2,1-3H3. The molecule has 1 unspecified atom stereocenters. The molecule has 0 radical (unpaired) electrons. The van der Waals surface area contributed by atoms with Crippen LogP contribution in [0, 0.1) is 11.3 Å². The van der Waals surface area contributed by atoms with Crippen molar-refractivity contribution in [1.29, 1.82) is 5.26 Å². The van der Waals surface area contributed by atoms with E-state index < -0.39 is 10.0 Å². The van der Waals surface area contributed by atoms with E-state index in [9.17, 15) is 13.7 Å². The minimum absolute atomic E-state index is 0.195. The summed E-state index contributed by atoms with van der Waals surface area (Å²) in [6, 6.07) is 9.98. The van der Waals surface area contributed by atoms with E-state index in [2.05, 4.69) is 11.0 Å². The Morgan fingerprint density at radius 2 is 1.75 bits per heavy atom. The summed E-state index contributed by atoms with van der Waals surface area (Å²) in [5, 5.41) is 9.59. The van der Waals surface area contributed by atoms with Gasteiger partial charge < -0.3 is 4.90 Å². The number of rotatable bonds is 6. The molecule has 0 spiro atoms. The highest BCUT2D eigenvalue weighted by molar-refractivity contribution is 7.89. The van der Waals surface area contributed by atoms with Gasteiger partial charge in [-0.1, -0.05) is 19.1 Å². The molecule has 0 aliphatic carbocycles. The summed E-state index contributed by atoms with van der Waals surface area (Å²) in [5.41, 5.74) is 2.04. The van der Waals surface area contributed by atoms with Crippen molar-refractivity contribution in [1.82, 2.24) is 9.21 Å². The average molecular weight is 350 g/mol. The lowest BCUT2D eigenvalue weighted by Crippen LogP contribution is -2.49. The van der Waals surface area contributed by atoms with Crippen molar-refractivity contribution in [2.75, 3.05) is 50.9 Å². The SMILES string of the molecule is CCCS(=O)(=O)N1CCN(C(C#N)c2ccc(N(C)C)cc2)CC1. The molecule has 0 bridgehead atoms. The Balaban J connectivity index is 2.05. The number of sulfonamides is 1. The third kappa shape index (κ3) is 4.26. The van der Waals surface area contributed by atoms with E-state index in [-0.39, 0.29) is 11.8 Å². The van der Waals surface area contributed by atoms with Crippen LogP contribution < -0.4 is 4.90 Å². The summed E-state index contributed by atoms with van der Waals surface area (Å²) in [6.45, 7) is 3.94. The zero-order chi connectivity index (χ0) is 17.7. The van der Waals surface area contributed by atoms with E-state index in [0.29, 0.717) is 32.6 Å². The van der Waals surface area contributed by atoms with E-state index >= 15 is 0 Å². The highest BCUT2D eigenvalue weighted by atomic mass is 32.2. The van der Waals surface area contributed by atoms with Crippen LogP contribution in [0.2, 0.25) is 0 Å². The fourth-order valence-electron chi connectivity index (χ4n) is 2.95. The maximum absolute atomic E-state index is 12.1. The number of nitriles is 1. The monoisotopic (exact) mass is 350 g/mol. The van der Waals surface area contributed by atoms with Gasteiger partial charge in [-0.25, -0.2) is 8.42 Å². The number of nitrogens with zero attached hydrogens (tertiary/aromatic N) is 4. The van der Waals surface area contributed by atoms with Crippen LogP contribution in [-0.2, 0) is 10.0 Å². The van der Waals surface area contributed by atoms with Crippen LogP contribution in [0.5, 0.6) is 0 Å². The van der Waals surface area contributed by atoms with Gasteiger partial charge in [0.15, 0.2) is 0 Å². The summed E-state index contributed by atoms with van der Waals surface area (Å²) in [7, 11) is 0.807. The van der Waals surface area contributed by atoms with E-state index in [0.717, 1.165) is 11.3 Å². The Morgan fingerprint density at radius 3 is 2.21 bits per heavy atom. The van der Waals surface area contributed by atoms with E-state index in [1.807, 2.05) is 50.2 Å². The first-order valence-electron chi connectivity index (χ1n) is 8.28. The van der Waals surface area contributed by atoms with Crippen molar-refractivity contribution in [2.24, 2.45) is 0 Å². The molecule has 0 amide bonds. The molecule has 1 aromatic carbocycles. The van der Waals surface area contributed by atoms with Crippen LogP contribution in [0.15, 0.2) is 24.3 Å². The molecule has 2 rings (SSSR count). The van der Waals surface area contributed by atoms with Gasteiger partial charge >= 0.3 is 0 Å². The number of anilines is 1. The highest BCUT2D eigenvalue weighted by Crippen LogP contribution is 2.24. The molecule has 24 heavy (non-hydrogen) atoms. The van der Waals surface area contributed by atoms with Gasteiger partial charge in [0, 0.05) is 46.0 Å². The van der Waals surface area contributed by atoms with Gasteiger partial charge in [-0.2, -0.15) is 9.57 Å². The first-order chi connectivity index (χ1) is 11.4. The summed E-state index contributed by atoms with van der Waals surface area (Å²) < 4.78 is 25.8. The largest absolute Gasteiger partial charge is 0.378 e. The number of piperazine rings is 1. The smallest absolute Gasteiger partial charge is 0.214 e. The van der Waals surface area contributed by atoms with Crippen molar-refractivity contribution in [2.45, 2.75) is 19.4 Å². The second-order valence-electron chi connectivity index (χ2n) is 6.27. The van der Waals surface area contributed by atoms with Gasteiger partial charge in [-0.15, -0.1) is 0 Å². The van der Waals surface area contributed by atoms with Crippen molar-refractivity contribution in [3.8, 4) is 6.07 Å². The summed E-state index contributed by atoms with van der Waals surface area (Å²) in [4.78, 5) is 4.07. The number of hydrogen-bond acceptors (Lipinski definition) is 5. The minimum atomic E-state index is -3.15. The van der Waals surface area contributed by atoms with Gasteiger partial charge in [-0.05, 0) is 24.1 Å². The van der Waals surface area contributed by atoms with Gasteiger partial charge in [0.1, 0.15) is 6.04 Å². The van der Waals surface area contributed by atoms with E-state index in [1.165, 1.54) is 0 Å². The fourth-order valence-corrected chi connectivity index (χ4v) is 4.44. The quantitative estimate of drug-likeness (QED) is 0.781. The molecule has 132 valence electrons. The maximum atomic E-state index is 12.1. The van der Waals surface area contributed by atoms with Crippen LogP contribution in [0.3, 0.4) is 0 Å². The van der Waals surface area contributed by atoms with Crippen molar-refractivity contribution in [3.63, 3.8) is 0 Å². The molecule has 1 aliphatic heterocycles. The van der Waals surface area contributed by atoms with Crippen LogP contribution in [0.1, 0.15) is 24.9 Å². The first-order valence-corrected chi connectivity index (χ1v) is 9.88. The first kappa shape index (κ1) is 18.7. The Kier molecular flexibility index (Phi) is 6.21. The molecule has 1 heterocycles. The molecule has 0 aromatic heterocycles. The van der Waals surface area contributed by atoms with Crippen molar-refractivity contribution in [3.05, 3.63) is 29.8 Å². The minimum Gasteiger partial charge on any atom is -0.378 e. The molecule has 1 saturated heterocycles. The predicted octanol–water partition coefficient (Wildman–Crippen LogP) is 1.67. The lowest BCUT2D eigenvalue weighted by molar-refractivity contribution is 0.162.